The van der Waals surface area contributed by atoms with Crippen LogP contribution in [-0.4, -0.2) is 27.1 Å². The normalized spacial score (nSPS) is 11.2. The first-order valence-electron chi connectivity index (χ1n) is 6.13. The molecular formula is C14H15CsN3O3S+. The maximum absolute atomic E-state index is 10.9. The van der Waals surface area contributed by atoms with Crippen molar-refractivity contribution in [2.24, 2.45) is 10.2 Å². The van der Waals surface area contributed by atoms with Gasteiger partial charge in [-0.1, -0.05) is 0 Å². The summed E-state index contributed by atoms with van der Waals surface area (Å²) in [5, 5.41) is 8.07. The number of hydrogen-bond donors (Lipinski definition) is 1. The molecule has 22 heavy (non-hydrogen) atoms. The van der Waals surface area contributed by atoms with Gasteiger partial charge in [-0.3, -0.25) is 4.55 Å². The van der Waals surface area contributed by atoms with Crippen LogP contribution in [0.2, 0.25) is 0 Å². The molecule has 0 aliphatic rings. The zero-order chi connectivity index (χ0) is 15.5. The summed E-state index contributed by atoms with van der Waals surface area (Å²) in [7, 11) is -0.273. The van der Waals surface area contributed by atoms with Crippen LogP contribution < -0.4 is 73.8 Å². The van der Waals surface area contributed by atoms with Gasteiger partial charge >= 0.3 is 68.9 Å². The summed E-state index contributed by atoms with van der Waals surface area (Å²) in [4.78, 5) is 1.81. The van der Waals surface area contributed by atoms with Crippen LogP contribution in [0.5, 0.6) is 0 Å². The Morgan fingerprint density at radius 1 is 0.864 bits per heavy atom. The van der Waals surface area contributed by atoms with Crippen molar-refractivity contribution in [2.45, 2.75) is 4.90 Å². The number of azo groups is 1. The molecule has 0 spiro atoms. The molecule has 0 unspecified atom stereocenters. The van der Waals surface area contributed by atoms with E-state index < -0.39 is 10.1 Å². The second-order valence-corrected chi connectivity index (χ2v) is 6.00. The molecule has 0 heterocycles. The van der Waals surface area contributed by atoms with E-state index in [-0.39, 0.29) is 73.8 Å². The van der Waals surface area contributed by atoms with Crippen molar-refractivity contribution in [3.05, 3.63) is 48.5 Å². The number of hydrogen-bond acceptors (Lipinski definition) is 5. The van der Waals surface area contributed by atoms with Crippen LogP contribution in [0, 0.1) is 0 Å². The molecule has 0 saturated heterocycles. The zero-order valence-corrected chi connectivity index (χ0v) is 19.7. The van der Waals surface area contributed by atoms with Crippen LogP contribution >= 0.6 is 0 Å². The largest absolute Gasteiger partial charge is 1.00 e. The first-order valence-corrected chi connectivity index (χ1v) is 7.57. The third-order valence-electron chi connectivity index (χ3n) is 2.78. The van der Waals surface area contributed by atoms with Crippen molar-refractivity contribution >= 4 is 27.2 Å². The molecule has 0 fully saturated rings. The monoisotopic (exact) mass is 438 g/mol. The van der Waals surface area contributed by atoms with Crippen molar-refractivity contribution in [3.8, 4) is 0 Å². The van der Waals surface area contributed by atoms with Gasteiger partial charge in [0.05, 0.1) is 16.3 Å². The fourth-order valence-corrected chi connectivity index (χ4v) is 2.10. The predicted octanol–water partition coefficient (Wildman–Crippen LogP) is 0.419. The zero-order valence-electron chi connectivity index (χ0n) is 12.6. The van der Waals surface area contributed by atoms with E-state index in [0.717, 1.165) is 5.69 Å². The standard InChI is InChI=1S/C14H15N3O3S.Cs/c1-17(2)13-7-3-11(4-8-13)15-16-12-5-9-14(10-6-12)21(18,19)20;/h3-10H,1-2H3,(H,18,19,20);/q;+1. The van der Waals surface area contributed by atoms with Crippen molar-refractivity contribution in [2.75, 3.05) is 19.0 Å². The topological polar surface area (TPSA) is 82.3 Å². The van der Waals surface area contributed by atoms with Crippen LogP contribution in [0.15, 0.2) is 63.7 Å². The van der Waals surface area contributed by atoms with E-state index in [2.05, 4.69) is 10.2 Å². The van der Waals surface area contributed by atoms with Gasteiger partial charge in [0, 0.05) is 19.8 Å². The fraction of sp³-hybridized carbons (Fsp3) is 0.143. The Kier molecular flexibility index (Phi) is 7.76. The van der Waals surface area contributed by atoms with E-state index in [1.54, 1.807) is 0 Å². The van der Waals surface area contributed by atoms with Crippen LogP contribution in [0.4, 0.5) is 17.1 Å². The number of rotatable bonds is 4. The maximum atomic E-state index is 10.9. The third-order valence-corrected chi connectivity index (χ3v) is 3.65. The number of anilines is 1. The molecule has 1 N–H and O–H groups in total. The summed E-state index contributed by atoms with van der Waals surface area (Å²) < 4.78 is 30.7. The molecule has 0 aliphatic heterocycles. The Morgan fingerprint density at radius 3 is 1.64 bits per heavy atom. The Bertz CT molecular complexity index is 742. The smallest absolute Gasteiger partial charge is 0.378 e. The van der Waals surface area contributed by atoms with Gasteiger partial charge in [-0.15, -0.1) is 0 Å². The quantitative estimate of drug-likeness (QED) is 0.554. The van der Waals surface area contributed by atoms with E-state index >= 15 is 0 Å². The molecule has 0 amide bonds. The van der Waals surface area contributed by atoms with E-state index in [0.29, 0.717) is 11.4 Å². The van der Waals surface area contributed by atoms with E-state index in [9.17, 15) is 8.42 Å². The minimum atomic E-state index is -4.18. The molecule has 2 rings (SSSR count). The molecular weight excluding hydrogens is 423 g/mol. The van der Waals surface area contributed by atoms with Gasteiger partial charge in [-0.25, -0.2) is 0 Å². The van der Waals surface area contributed by atoms with Gasteiger partial charge in [0.2, 0.25) is 0 Å². The molecule has 0 bridgehead atoms. The molecule has 0 saturated carbocycles. The average molecular weight is 438 g/mol. The second-order valence-electron chi connectivity index (χ2n) is 4.58. The van der Waals surface area contributed by atoms with Gasteiger partial charge in [0.25, 0.3) is 10.1 Å². The SMILES string of the molecule is CN(C)c1ccc(N=Nc2ccc(S(=O)(=O)O)cc2)cc1.[Cs+]. The summed E-state index contributed by atoms with van der Waals surface area (Å²) in [5.74, 6) is 0. The van der Waals surface area contributed by atoms with Crippen molar-refractivity contribution in [1.29, 1.82) is 0 Å². The molecule has 6 nitrogen and oxygen atoms in total. The first kappa shape index (κ1) is 19.8. The number of benzene rings is 2. The summed E-state index contributed by atoms with van der Waals surface area (Å²) in [6, 6.07) is 13.0. The summed E-state index contributed by atoms with van der Waals surface area (Å²) in [5.41, 5.74) is 2.25. The minimum absolute atomic E-state index is 0. The van der Waals surface area contributed by atoms with Crippen LogP contribution in [0.3, 0.4) is 0 Å². The molecule has 0 atom stereocenters. The van der Waals surface area contributed by atoms with Crippen LogP contribution in [-0.2, 0) is 10.1 Å². The molecule has 0 aliphatic carbocycles. The van der Waals surface area contributed by atoms with E-state index in [1.807, 2.05) is 43.3 Å². The molecule has 0 aromatic heterocycles. The first-order chi connectivity index (χ1) is 9.86. The Balaban J connectivity index is 0.00000242. The molecule has 8 heteroatoms. The van der Waals surface area contributed by atoms with Crippen LogP contribution in [0.25, 0.3) is 0 Å². The Hall–Kier alpha value is -0.198. The summed E-state index contributed by atoms with van der Waals surface area (Å²) in [6.07, 6.45) is 0. The van der Waals surface area contributed by atoms with Gasteiger partial charge in [0.1, 0.15) is 0 Å². The number of nitrogens with zero attached hydrogens (tertiary/aromatic N) is 3. The summed E-state index contributed by atoms with van der Waals surface area (Å²) >= 11 is 0. The molecule has 2 aromatic rings. The predicted molar refractivity (Wildman–Crippen MR) is 81.2 cm³/mol. The van der Waals surface area contributed by atoms with Gasteiger partial charge in [0.15, 0.2) is 0 Å². The maximum Gasteiger partial charge on any atom is 1.00 e. The third kappa shape index (κ3) is 5.78. The van der Waals surface area contributed by atoms with Crippen molar-refractivity contribution in [1.82, 2.24) is 0 Å². The van der Waals surface area contributed by atoms with E-state index in [1.165, 1.54) is 24.3 Å². The molecule has 0 radical (unpaired) electrons. The van der Waals surface area contributed by atoms with Crippen molar-refractivity contribution in [3.63, 3.8) is 0 Å². The van der Waals surface area contributed by atoms with E-state index in [4.69, 9.17) is 4.55 Å². The Labute approximate surface area is 188 Å². The van der Waals surface area contributed by atoms with Crippen molar-refractivity contribution < 1.29 is 81.9 Å². The minimum Gasteiger partial charge on any atom is -0.378 e. The van der Waals surface area contributed by atoms with Gasteiger partial charge < -0.3 is 4.90 Å². The fourth-order valence-electron chi connectivity index (χ4n) is 1.62. The molecule has 2 aromatic carbocycles. The average Bonchev–Trinajstić information content (AvgIpc) is 2.45. The molecule has 110 valence electrons. The van der Waals surface area contributed by atoms with Gasteiger partial charge in [-0.05, 0) is 48.5 Å². The summed E-state index contributed by atoms with van der Waals surface area (Å²) in [6.45, 7) is 0. The van der Waals surface area contributed by atoms with Gasteiger partial charge in [-0.2, -0.15) is 18.6 Å². The van der Waals surface area contributed by atoms with Crippen LogP contribution in [0.1, 0.15) is 0 Å². The second kappa shape index (κ2) is 8.60. The Morgan fingerprint density at radius 2 is 1.27 bits per heavy atom.